The predicted molar refractivity (Wildman–Crippen MR) is 69.5 cm³/mol. The molecule has 1 aromatic carbocycles. The number of nitro groups is 1. The van der Waals surface area contributed by atoms with Crippen LogP contribution in [0.15, 0.2) is 36.7 Å². The number of benzene rings is 1. The average molecular weight is 261 g/mol. The monoisotopic (exact) mass is 261 g/mol. The van der Waals surface area contributed by atoms with Gasteiger partial charge in [0, 0.05) is 30.9 Å². The Balaban J connectivity index is 1.85. The molecule has 19 heavy (non-hydrogen) atoms. The molecule has 0 aliphatic heterocycles. The van der Waals surface area contributed by atoms with Crippen LogP contribution in [0.25, 0.3) is 0 Å². The number of hydrogen-bond donors (Lipinski definition) is 1. The second-order valence-corrected chi connectivity index (χ2v) is 4.19. The van der Waals surface area contributed by atoms with Gasteiger partial charge in [0.1, 0.15) is 0 Å². The minimum atomic E-state index is -0.396. The summed E-state index contributed by atoms with van der Waals surface area (Å²) in [6, 6.07) is 6.70. The van der Waals surface area contributed by atoms with E-state index in [-0.39, 0.29) is 11.7 Å². The topological polar surface area (TPSA) is 85.9 Å². The first kappa shape index (κ1) is 13.2. The van der Waals surface area contributed by atoms with E-state index in [9.17, 15) is 10.1 Å². The molecule has 0 fully saturated rings. The van der Waals surface area contributed by atoms with Crippen LogP contribution in [0.5, 0.6) is 0 Å². The largest absolute Gasteiger partial charge is 0.308 e. The van der Waals surface area contributed by atoms with Crippen molar-refractivity contribution in [3.8, 4) is 0 Å². The van der Waals surface area contributed by atoms with Crippen molar-refractivity contribution in [1.29, 1.82) is 0 Å². The molecule has 0 spiro atoms. The van der Waals surface area contributed by atoms with Crippen LogP contribution in [0.2, 0.25) is 0 Å². The van der Waals surface area contributed by atoms with E-state index in [4.69, 9.17) is 0 Å². The van der Waals surface area contributed by atoms with Gasteiger partial charge in [0.15, 0.2) is 0 Å². The highest BCUT2D eigenvalue weighted by Crippen LogP contribution is 2.17. The third-order valence-corrected chi connectivity index (χ3v) is 2.87. The zero-order valence-electron chi connectivity index (χ0n) is 10.6. The summed E-state index contributed by atoms with van der Waals surface area (Å²) < 4.78 is 1.75. The second kappa shape index (κ2) is 6.05. The first-order chi connectivity index (χ1) is 9.16. The van der Waals surface area contributed by atoms with E-state index in [1.165, 1.54) is 12.1 Å². The third kappa shape index (κ3) is 3.59. The highest BCUT2D eigenvalue weighted by Gasteiger charge is 2.08. The van der Waals surface area contributed by atoms with Gasteiger partial charge in [-0.3, -0.25) is 14.8 Å². The maximum absolute atomic E-state index is 10.6. The Bertz CT molecular complexity index is 524. The third-order valence-electron chi connectivity index (χ3n) is 2.87. The van der Waals surface area contributed by atoms with Crippen molar-refractivity contribution < 1.29 is 4.92 Å². The number of rotatable bonds is 6. The summed E-state index contributed by atoms with van der Waals surface area (Å²) in [5.74, 6) is 0. The zero-order chi connectivity index (χ0) is 13.7. The Labute approximate surface area is 110 Å². The molecule has 100 valence electrons. The molecule has 2 aromatic rings. The molecule has 7 nitrogen and oxygen atoms in total. The molecule has 0 aliphatic carbocycles. The lowest BCUT2D eigenvalue weighted by Gasteiger charge is -2.13. The molecule has 1 heterocycles. The van der Waals surface area contributed by atoms with Gasteiger partial charge >= 0.3 is 0 Å². The molecular formula is C12H15N5O2. The summed E-state index contributed by atoms with van der Waals surface area (Å²) in [6.45, 7) is 3.50. The van der Waals surface area contributed by atoms with E-state index in [1.807, 2.05) is 6.92 Å². The number of non-ortho nitro benzene ring substituents is 1. The average Bonchev–Trinajstić information content (AvgIpc) is 2.92. The van der Waals surface area contributed by atoms with Gasteiger partial charge in [-0.1, -0.05) is 17.3 Å². The van der Waals surface area contributed by atoms with Crippen LogP contribution in [-0.4, -0.2) is 26.5 Å². The standard InChI is InChI=1S/C12H15N5O2/c1-10(13-6-8-16-9-7-14-15-16)11-2-4-12(5-3-11)17(18)19/h2-5,7,9-10,13H,6,8H2,1H3. The Hall–Kier alpha value is -2.28. The first-order valence-electron chi connectivity index (χ1n) is 5.98. The van der Waals surface area contributed by atoms with E-state index >= 15 is 0 Å². The van der Waals surface area contributed by atoms with E-state index < -0.39 is 4.92 Å². The highest BCUT2D eigenvalue weighted by atomic mass is 16.6. The van der Waals surface area contributed by atoms with Crippen molar-refractivity contribution in [1.82, 2.24) is 20.3 Å². The van der Waals surface area contributed by atoms with Crippen LogP contribution in [0, 0.1) is 10.1 Å². The van der Waals surface area contributed by atoms with Gasteiger partial charge in [0.05, 0.1) is 17.7 Å². The van der Waals surface area contributed by atoms with Crippen LogP contribution in [-0.2, 0) is 6.54 Å². The Kier molecular flexibility index (Phi) is 4.19. The van der Waals surface area contributed by atoms with Crippen LogP contribution < -0.4 is 5.32 Å². The van der Waals surface area contributed by atoms with Crippen LogP contribution in [0.1, 0.15) is 18.5 Å². The fourth-order valence-electron chi connectivity index (χ4n) is 1.75. The lowest BCUT2D eigenvalue weighted by molar-refractivity contribution is -0.384. The van der Waals surface area contributed by atoms with Crippen LogP contribution >= 0.6 is 0 Å². The van der Waals surface area contributed by atoms with Gasteiger partial charge in [-0.05, 0) is 12.5 Å². The van der Waals surface area contributed by atoms with Gasteiger partial charge in [0.25, 0.3) is 5.69 Å². The Morgan fingerprint density at radius 1 is 1.42 bits per heavy atom. The van der Waals surface area contributed by atoms with Crippen molar-refractivity contribution in [2.45, 2.75) is 19.5 Å². The molecule has 0 radical (unpaired) electrons. The molecule has 2 rings (SSSR count). The van der Waals surface area contributed by atoms with Crippen LogP contribution in [0.3, 0.4) is 0 Å². The minimum Gasteiger partial charge on any atom is -0.308 e. The number of nitrogens with one attached hydrogen (secondary N) is 1. The van der Waals surface area contributed by atoms with Gasteiger partial charge in [-0.25, -0.2) is 0 Å². The van der Waals surface area contributed by atoms with Crippen LogP contribution in [0.4, 0.5) is 5.69 Å². The highest BCUT2D eigenvalue weighted by molar-refractivity contribution is 5.33. The lowest BCUT2D eigenvalue weighted by Crippen LogP contribution is -2.23. The fraction of sp³-hybridized carbons (Fsp3) is 0.333. The summed E-state index contributed by atoms with van der Waals surface area (Å²) in [7, 11) is 0. The van der Waals surface area contributed by atoms with Gasteiger partial charge < -0.3 is 5.32 Å². The zero-order valence-corrected chi connectivity index (χ0v) is 10.6. The Morgan fingerprint density at radius 3 is 2.74 bits per heavy atom. The second-order valence-electron chi connectivity index (χ2n) is 4.19. The van der Waals surface area contributed by atoms with E-state index in [0.29, 0.717) is 0 Å². The van der Waals surface area contributed by atoms with Crippen molar-refractivity contribution in [2.24, 2.45) is 0 Å². The summed E-state index contributed by atoms with van der Waals surface area (Å²) in [6.07, 6.45) is 3.44. The molecular weight excluding hydrogens is 246 g/mol. The van der Waals surface area contributed by atoms with Crippen molar-refractivity contribution in [3.63, 3.8) is 0 Å². The number of nitro benzene ring substituents is 1. The summed E-state index contributed by atoms with van der Waals surface area (Å²) in [5, 5.41) is 21.5. The number of aromatic nitrogens is 3. The quantitative estimate of drug-likeness (QED) is 0.629. The van der Waals surface area contributed by atoms with Crippen molar-refractivity contribution in [3.05, 3.63) is 52.3 Å². The molecule has 1 aromatic heterocycles. The number of hydrogen-bond acceptors (Lipinski definition) is 5. The lowest BCUT2D eigenvalue weighted by atomic mass is 10.1. The SMILES string of the molecule is CC(NCCn1ccnn1)c1ccc([N+](=O)[O-])cc1. The van der Waals surface area contributed by atoms with E-state index in [1.54, 1.807) is 29.2 Å². The Morgan fingerprint density at radius 2 is 2.16 bits per heavy atom. The molecule has 0 saturated carbocycles. The van der Waals surface area contributed by atoms with Gasteiger partial charge in [-0.15, -0.1) is 5.10 Å². The normalized spacial score (nSPS) is 12.3. The van der Waals surface area contributed by atoms with E-state index in [0.717, 1.165) is 18.7 Å². The molecule has 7 heteroatoms. The maximum atomic E-state index is 10.6. The minimum absolute atomic E-state index is 0.110. The molecule has 1 N–H and O–H groups in total. The summed E-state index contributed by atoms with van der Waals surface area (Å²) >= 11 is 0. The molecule has 0 saturated heterocycles. The van der Waals surface area contributed by atoms with Crippen molar-refractivity contribution >= 4 is 5.69 Å². The van der Waals surface area contributed by atoms with Gasteiger partial charge in [0.2, 0.25) is 0 Å². The fourth-order valence-corrected chi connectivity index (χ4v) is 1.75. The smallest absolute Gasteiger partial charge is 0.269 e. The predicted octanol–water partition coefficient (Wildman–Crippen LogP) is 1.54. The summed E-state index contributed by atoms with van der Waals surface area (Å²) in [5.41, 5.74) is 1.13. The number of nitrogens with zero attached hydrogens (tertiary/aromatic N) is 4. The molecule has 1 atom stereocenters. The van der Waals surface area contributed by atoms with Gasteiger partial charge in [-0.2, -0.15) is 0 Å². The maximum Gasteiger partial charge on any atom is 0.269 e. The molecule has 0 amide bonds. The van der Waals surface area contributed by atoms with E-state index in [2.05, 4.69) is 15.6 Å². The summed E-state index contributed by atoms with van der Waals surface area (Å²) in [4.78, 5) is 10.2. The molecule has 0 aliphatic rings. The molecule has 1 unspecified atom stereocenters. The molecule has 0 bridgehead atoms. The first-order valence-corrected chi connectivity index (χ1v) is 5.98. The van der Waals surface area contributed by atoms with Crippen molar-refractivity contribution in [2.75, 3.05) is 6.54 Å².